The second-order valence-corrected chi connectivity index (χ2v) is 5.50. The lowest BCUT2D eigenvalue weighted by atomic mass is 10.1. The van der Waals surface area contributed by atoms with Gasteiger partial charge in [0, 0.05) is 12.6 Å². The molecule has 1 amide bonds. The molecule has 124 valence electrons. The van der Waals surface area contributed by atoms with Gasteiger partial charge in [-0.05, 0) is 38.1 Å². The number of benzene rings is 1. The molecule has 23 heavy (non-hydrogen) atoms. The first-order valence-electron chi connectivity index (χ1n) is 7.27. The first kappa shape index (κ1) is 17.2. The van der Waals surface area contributed by atoms with Crippen molar-refractivity contribution in [3.8, 4) is 11.5 Å². The number of rotatable bonds is 6. The van der Waals surface area contributed by atoms with Crippen LogP contribution in [-0.4, -0.2) is 31.6 Å². The Labute approximate surface area is 140 Å². The maximum absolute atomic E-state index is 12.6. The monoisotopic (exact) mass is 337 g/mol. The number of nitrogens with zero attached hydrogens (tertiary/aromatic N) is 1. The molecule has 5 nitrogen and oxygen atoms in total. The molecule has 2 rings (SSSR count). The van der Waals surface area contributed by atoms with Crippen LogP contribution in [0, 0.1) is 6.92 Å². The van der Waals surface area contributed by atoms with Gasteiger partial charge in [-0.15, -0.1) is 0 Å². The minimum Gasteiger partial charge on any atom is -0.493 e. The van der Waals surface area contributed by atoms with E-state index < -0.39 is 0 Å². The van der Waals surface area contributed by atoms with Crippen molar-refractivity contribution in [1.29, 1.82) is 0 Å². The molecule has 1 aromatic carbocycles. The van der Waals surface area contributed by atoms with Crippen molar-refractivity contribution >= 4 is 17.5 Å². The Kier molecular flexibility index (Phi) is 5.55. The summed E-state index contributed by atoms with van der Waals surface area (Å²) in [4.78, 5) is 14.1. The van der Waals surface area contributed by atoms with Gasteiger partial charge in [0.2, 0.25) is 0 Å². The van der Waals surface area contributed by atoms with Crippen LogP contribution in [0.5, 0.6) is 11.5 Å². The molecular weight excluding hydrogens is 318 g/mol. The summed E-state index contributed by atoms with van der Waals surface area (Å²) in [5.41, 5.74) is 0.432. The lowest BCUT2D eigenvalue weighted by Gasteiger charge is -2.18. The molecule has 0 saturated heterocycles. The average Bonchev–Trinajstić information content (AvgIpc) is 2.93. The highest BCUT2D eigenvalue weighted by molar-refractivity contribution is 6.32. The molecule has 2 aromatic rings. The van der Waals surface area contributed by atoms with Crippen molar-refractivity contribution in [1.82, 2.24) is 4.90 Å². The second kappa shape index (κ2) is 7.42. The summed E-state index contributed by atoms with van der Waals surface area (Å²) in [6.07, 6.45) is 0. The van der Waals surface area contributed by atoms with Crippen molar-refractivity contribution in [2.24, 2.45) is 0 Å². The predicted molar refractivity (Wildman–Crippen MR) is 88.4 cm³/mol. The molecule has 0 atom stereocenters. The van der Waals surface area contributed by atoms with E-state index in [1.54, 1.807) is 24.1 Å². The maximum Gasteiger partial charge on any atom is 0.254 e. The Balaban J connectivity index is 2.22. The number of carbonyl (C=O) groups excluding carboxylic acids is 1. The molecule has 0 aliphatic heterocycles. The molecule has 0 N–H and O–H groups in total. The van der Waals surface area contributed by atoms with Crippen molar-refractivity contribution in [3.05, 3.63) is 46.4 Å². The minimum absolute atomic E-state index is 0.178. The Morgan fingerprint density at radius 3 is 2.65 bits per heavy atom. The highest BCUT2D eigenvalue weighted by atomic mass is 35.5. The van der Waals surface area contributed by atoms with Crippen molar-refractivity contribution in [2.45, 2.75) is 20.4 Å². The molecule has 0 unspecified atom stereocenters. The average molecular weight is 338 g/mol. The van der Waals surface area contributed by atoms with Crippen LogP contribution in [0.1, 0.15) is 28.8 Å². The minimum atomic E-state index is -0.178. The summed E-state index contributed by atoms with van der Waals surface area (Å²) in [6, 6.07) is 6.93. The van der Waals surface area contributed by atoms with Gasteiger partial charge in [0.15, 0.2) is 11.5 Å². The third-order valence-corrected chi connectivity index (χ3v) is 3.58. The van der Waals surface area contributed by atoms with Gasteiger partial charge in [-0.25, -0.2) is 0 Å². The van der Waals surface area contributed by atoms with Gasteiger partial charge in [0.25, 0.3) is 5.91 Å². The molecule has 1 aromatic heterocycles. The van der Waals surface area contributed by atoms with Crippen LogP contribution in [0.25, 0.3) is 0 Å². The number of carbonyl (C=O) groups is 1. The summed E-state index contributed by atoms with van der Waals surface area (Å²) in [5.74, 6) is 2.23. The fraction of sp³-hybridized carbons (Fsp3) is 0.353. The first-order chi connectivity index (χ1) is 11.0. The van der Waals surface area contributed by atoms with Gasteiger partial charge in [0.1, 0.15) is 11.5 Å². The molecule has 1 heterocycles. The largest absolute Gasteiger partial charge is 0.493 e. The van der Waals surface area contributed by atoms with Gasteiger partial charge in [0.05, 0.1) is 25.3 Å². The van der Waals surface area contributed by atoms with Crippen LogP contribution in [0.2, 0.25) is 5.02 Å². The number of amides is 1. The van der Waals surface area contributed by atoms with Crippen LogP contribution < -0.4 is 9.47 Å². The standard InChI is InChI=1S/C17H20ClNO4/c1-5-22-16-14(18)8-12(9-15(16)21-4)17(20)19(3)10-13-7-6-11(2)23-13/h6-9H,5,10H2,1-4H3. The molecule has 0 spiro atoms. The van der Waals surface area contributed by atoms with Gasteiger partial charge in [-0.2, -0.15) is 0 Å². The maximum atomic E-state index is 12.6. The fourth-order valence-corrected chi connectivity index (χ4v) is 2.49. The molecule has 0 aliphatic carbocycles. The van der Waals surface area contributed by atoms with E-state index in [-0.39, 0.29) is 5.91 Å². The fourth-order valence-electron chi connectivity index (χ4n) is 2.22. The number of aryl methyl sites for hydroxylation is 1. The quantitative estimate of drug-likeness (QED) is 0.801. The van der Waals surface area contributed by atoms with Crippen LogP contribution in [-0.2, 0) is 6.54 Å². The third-order valence-electron chi connectivity index (χ3n) is 3.30. The summed E-state index contributed by atoms with van der Waals surface area (Å²) in [5, 5.41) is 0.344. The van der Waals surface area contributed by atoms with E-state index in [1.165, 1.54) is 7.11 Å². The third kappa shape index (κ3) is 3.99. The van der Waals surface area contributed by atoms with Crippen molar-refractivity contribution in [3.63, 3.8) is 0 Å². The van der Waals surface area contributed by atoms with E-state index >= 15 is 0 Å². The van der Waals surface area contributed by atoms with Crippen LogP contribution in [0.15, 0.2) is 28.7 Å². The number of hydrogen-bond acceptors (Lipinski definition) is 4. The van der Waals surface area contributed by atoms with E-state index in [4.69, 9.17) is 25.5 Å². The molecule has 6 heteroatoms. The summed E-state index contributed by atoms with van der Waals surface area (Å²) < 4.78 is 16.2. The summed E-state index contributed by atoms with van der Waals surface area (Å²) in [6.45, 7) is 4.55. The highest BCUT2D eigenvalue weighted by Crippen LogP contribution is 2.36. The first-order valence-corrected chi connectivity index (χ1v) is 7.65. The van der Waals surface area contributed by atoms with Crippen LogP contribution in [0.4, 0.5) is 0 Å². The zero-order chi connectivity index (χ0) is 17.0. The zero-order valence-corrected chi connectivity index (χ0v) is 14.4. The molecule has 0 fully saturated rings. The SMILES string of the molecule is CCOc1c(Cl)cc(C(=O)N(C)Cc2ccc(C)o2)cc1OC. The molecular formula is C17H20ClNO4. The Morgan fingerprint density at radius 1 is 1.35 bits per heavy atom. The number of halogens is 1. The van der Waals surface area contributed by atoms with Gasteiger partial charge in [-0.3, -0.25) is 4.79 Å². The molecule has 0 aliphatic rings. The van der Waals surface area contributed by atoms with Gasteiger partial charge in [-0.1, -0.05) is 11.6 Å². The normalized spacial score (nSPS) is 10.5. The number of furan rings is 1. The number of ether oxygens (including phenoxy) is 2. The molecule has 0 bridgehead atoms. The second-order valence-electron chi connectivity index (χ2n) is 5.10. The Hall–Kier alpha value is -2.14. The summed E-state index contributed by atoms with van der Waals surface area (Å²) >= 11 is 6.21. The number of methoxy groups -OCH3 is 1. The lowest BCUT2D eigenvalue weighted by molar-refractivity contribution is 0.0774. The van der Waals surface area contributed by atoms with Gasteiger partial charge < -0.3 is 18.8 Å². The topological polar surface area (TPSA) is 51.9 Å². The number of hydrogen-bond donors (Lipinski definition) is 0. The Morgan fingerprint density at radius 2 is 2.09 bits per heavy atom. The van der Waals surface area contributed by atoms with E-state index in [2.05, 4.69) is 0 Å². The van der Waals surface area contributed by atoms with Crippen LogP contribution >= 0.6 is 11.6 Å². The van der Waals surface area contributed by atoms with Crippen molar-refractivity contribution < 1.29 is 18.7 Å². The Bertz CT molecular complexity index is 696. The van der Waals surface area contributed by atoms with E-state index in [0.29, 0.717) is 35.2 Å². The predicted octanol–water partition coefficient (Wildman–Crippen LogP) is 3.92. The van der Waals surface area contributed by atoms with Crippen molar-refractivity contribution in [2.75, 3.05) is 20.8 Å². The van der Waals surface area contributed by atoms with E-state index in [0.717, 1.165) is 11.5 Å². The summed E-state index contributed by atoms with van der Waals surface area (Å²) in [7, 11) is 3.22. The van der Waals surface area contributed by atoms with E-state index in [9.17, 15) is 4.79 Å². The molecule has 0 saturated carbocycles. The van der Waals surface area contributed by atoms with Crippen LogP contribution in [0.3, 0.4) is 0 Å². The van der Waals surface area contributed by atoms with Gasteiger partial charge >= 0.3 is 0 Å². The molecule has 0 radical (unpaired) electrons. The smallest absolute Gasteiger partial charge is 0.254 e. The lowest BCUT2D eigenvalue weighted by Crippen LogP contribution is -2.26. The highest BCUT2D eigenvalue weighted by Gasteiger charge is 2.19. The van der Waals surface area contributed by atoms with E-state index in [1.807, 2.05) is 26.0 Å². The zero-order valence-electron chi connectivity index (χ0n) is 13.7.